The third kappa shape index (κ3) is 6.30. The van der Waals surface area contributed by atoms with Crippen molar-refractivity contribution >= 4 is 29.9 Å². The van der Waals surface area contributed by atoms with E-state index in [2.05, 4.69) is 22.5 Å². The van der Waals surface area contributed by atoms with Gasteiger partial charge in [-0.3, -0.25) is 9.59 Å². The maximum Gasteiger partial charge on any atom is 0.334 e. The standard InChI is InChI=1S/C32H35N9O4/c1-2-16-38-21-30(43)40-28(17-23-12-14-26(42)15-13-23)31(44)37(19-25-10-6-7-11-27(25)39-22-34-35-36-39)20-29(40)41(38)32(45)33-18-24-8-4-3-5-9-24/h2-15,22,28-29,35-36,42H,1,16-21H2,(H,33,45)/p+1/t28-,29-/m0/s1. The van der Waals surface area contributed by atoms with Gasteiger partial charge in [0.15, 0.2) is 6.34 Å². The number of carbonyl (C=O) groups is 3. The van der Waals surface area contributed by atoms with Crippen molar-refractivity contribution in [2.75, 3.05) is 24.6 Å². The van der Waals surface area contributed by atoms with Gasteiger partial charge in [0.25, 0.3) is 0 Å². The van der Waals surface area contributed by atoms with E-state index in [4.69, 9.17) is 0 Å². The number of fused-ring (bicyclic) bond motifs is 1. The van der Waals surface area contributed by atoms with Crippen LogP contribution in [0.4, 0.5) is 10.5 Å². The van der Waals surface area contributed by atoms with Crippen molar-refractivity contribution < 1.29 is 25.0 Å². The Morgan fingerprint density at radius 1 is 1.04 bits per heavy atom. The lowest BCUT2D eigenvalue weighted by molar-refractivity contribution is -0.703. The predicted octanol–water partition coefficient (Wildman–Crippen LogP) is 0.875. The number of rotatable bonds is 9. The van der Waals surface area contributed by atoms with Crippen LogP contribution in [0.2, 0.25) is 0 Å². The van der Waals surface area contributed by atoms with Crippen molar-refractivity contribution in [3.8, 4) is 5.75 Å². The molecule has 0 aliphatic carbocycles. The van der Waals surface area contributed by atoms with Gasteiger partial charge in [-0.15, -0.1) is 22.7 Å². The number of quaternary nitrogens is 1. The molecule has 3 aliphatic rings. The van der Waals surface area contributed by atoms with E-state index in [0.29, 0.717) is 6.54 Å². The third-order valence-corrected chi connectivity index (χ3v) is 8.11. The molecule has 3 aromatic rings. The molecule has 13 heteroatoms. The second-order valence-corrected chi connectivity index (χ2v) is 11.1. The zero-order valence-corrected chi connectivity index (χ0v) is 24.7. The van der Waals surface area contributed by atoms with Gasteiger partial charge in [-0.25, -0.2) is 14.8 Å². The van der Waals surface area contributed by atoms with Crippen LogP contribution in [0, 0.1) is 0 Å². The summed E-state index contributed by atoms with van der Waals surface area (Å²) in [6, 6.07) is 22.7. The first kappa shape index (κ1) is 29.7. The van der Waals surface area contributed by atoms with Gasteiger partial charge in [-0.1, -0.05) is 66.7 Å². The summed E-state index contributed by atoms with van der Waals surface area (Å²) in [5, 5.41) is 22.0. The first-order valence-electron chi connectivity index (χ1n) is 14.8. The van der Waals surface area contributed by atoms with Crippen molar-refractivity contribution in [3.05, 3.63) is 108 Å². The van der Waals surface area contributed by atoms with Crippen molar-refractivity contribution in [2.24, 2.45) is 5.10 Å². The Bertz CT molecular complexity index is 1580. The molecule has 232 valence electrons. The topological polar surface area (TPSA) is 141 Å². The van der Waals surface area contributed by atoms with Gasteiger partial charge in [0.1, 0.15) is 23.6 Å². The van der Waals surface area contributed by atoms with Crippen LogP contribution in [0.3, 0.4) is 0 Å². The van der Waals surface area contributed by atoms with Crippen LogP contribution in [0.1, 0.15) is 16.7 Å². The number of phenolic OH excluding ortho intramolecular Hbond substituents is 1. The molecule has 0 unspecified atom stereocenters. The summed E-state index contributed by atoms with van der Waals surface area (Å²) in [7, 11) is 0. The average molecular weight is 611 g/mol. The van der Waals surface area contributed by atoms with Gasteiger partial charge in [0, 0.05) is 31.6 Å². The Labute approximate surface area is 260 Å². The van der Waals surface area contributed by atoms with E-state index in [1.54, 1.807) is 62.0 Å². The van der Waals surface area contributed by atoms with Crippen molar-refractivity contribution in [1.82, 2.24) is 30.7 Å². The lowest BCUT2D eigenvalue weighted by Crippen LogP contribution is -2.98. The maximum absolute atomic E-state index is 14.3. The highest BCUT2D eigenvalue weighted by atomic mass is 16.3. The minimum atomic E-state index is -0.871. The number of para-hydroxylation sites is 1. The quantitative estimate of drug-likeness (QED) is 0.208. The Morgan fingerprint density at radius 2 is 1.80 bits per heavy atom. The van der Waals surface area contributed by atoms with E-state index in [-0.39, 0.29) is 56.2 Å². The van der Waals surface area contributed by atoms with E-state index in [1.807, 2.05) is 59.6 Å². The molecule has 0 bridgehead atoms. The van der Waals surface area contributed by atoms with Crippen molar-refractivity contribution in [2.45, 2.75) is 31.7 Å². The number of phenols is 1. The lowest BCUT2D eigenvalue weighted by atomic mass is 9.98. The third-order valence-electron chi connectivity index (χ3n) is 8.11. The first-order valence-corrected chi connectivity index (χ1v) is 14.8. The number of hydrazine groups is 1. The number of carbonyl (C=O) groups excluding carboxylic acids is 3. The molecule has 2 atom stereocenters. The number of hydrazone groups is 1. The summed E-state index contributed by atoms with van der Waals surface area (Å²) >= 11 is 0. The number of benzene rings is 3. The number of aromatic hydroxyl groups is 1. The van der Waals surface area contributed by atoms with Gasteiger partial charge in [-0.2, -0.15) is 5.01 Å². The van der Waals surface area contributed by atoms with Crippen LogP contribution in [0.15, 0.2) is 96.6 Å². The Morgan fingerprint density at radius 3 is 2.53 bits per heavy atom. The highest BCUT2D eigenvalue weighted by molar-refractivity contribution is 5.92. The molecular weight excluding hydrogens is 574 g/mol. The van der Waals surface area contributed by atoms with Crippen molar-refractivity contribution in [3.63, 3.8) is 0 Å². The summed E-state index contributed by atoms with van der Waals surface area (Å²) in [4.78, 5) is 45.3. The predicted molar refractivity (Wildman–Crippen MR) is 166 cm³/mol. The summed E-state index contributed by atoms with van der Waals surface area (Å²) in [6.45, 7) is 4.69. The van der Waals surface area contributed by atoms with Gasteiger partial charge >= 0.3 is 6.03 Å². The highest BCUT2D eigenvalue weighted by Gasteiger charge is 2.51. The molecule has 3 heterocycles. The molecule has 45 heavy (non-hydrogen) atoms. The van der Waals surface area contributed by atoms with Crippen LogP contribution in [0.25, 0.3) is 0 Å². The lowest BCUT2D eigenvalue weighted by Gasteiger charge is -2.55. The number of urea groups is 1. The molecule has 0 radical (unpaired) electrons. The van der Waals surface area contributed by atoms with Crippen molar-refractivity contribution in [1.29, 1.82) is 0 Å². The van der Waals surface area contributed by atoms with Crippen LogP contribution < -0.4 is 21.4 Å². The fraction of sp³-hybridized carbons (Fsp3) is 0.250. The van der Waals surface area contributed by atoms with Crippen LogP contribution in [-0.4, -0.2) is 81.0 Å². The number of nitrogens with zero attached hydrogens (tertiary/aromatic N) is 6. The molecule has 5 N–H and O–H groups in total. The number of anilines is 1. The fourth-order valence-electron chi connectivity index (χ4n) is 6.01. The molecular formula is C32H36N9O4+. The molecule has 2 saturated heterocycles. The van der Waals surface area contributed by atoms with Crippen LogP contribution in [0.5, 0.6) is 5.75 Å². The average Bonchev–Trinajstić information content (AvgIpc) is 3.59. The molecule has 6 rings (SSSR count). The minimum absolute atomic E-state index is 0.0827. The molecule has 2 fully saturated rings. The highest BCUT2D eigenvalue weighted by Crippen LogP contribution is 2.31. The van der Waals surface area contributed by atoms with Gasteiger partial charge in [-0.05, 0) is 29.3 Å². The maximum atomic E-state index is 14.3. The first-order chi connectivity index (χ1) is 21.9. The Balaban J connectivity index is 1.35. The van der Waals surface area contributed by atoms with E-state index in [1.165, 1.54) is 0 Å². The second-order valence-electron chi connectivity index (χ2n) is 11.1. The molecule has 0 aromatic heterocycles. The van der Waals surface area contributed by atoms with Gasteiger partial charge in [0.05, 0.1) is 13.1 Å². The van der Waals surface area contributed by atoms with E-state index < -0.39 is 12.2 Å². The fourth-order valence-corrected chi connectivity index (χ4v) is 6.01. The molecule has 4 amide bonds. The number of nitrogens with one attached hydrogen (secondary N) is 2. The Hall–Kier alpha value is -5.40. The van der Waals surface area contributed by atoms with E-state index >= 15 is 0 Å². The summed E-state index contributed by atoms with van der Waals surface area (Å²) in [5.41, 5.74) is 7.97. The number of piperazine rings is 1. The zero-order valence-electron chi connectivity index (χ0n) is 24.7. The molecule has 3 aromatic carbocycles. The SMILES string of the molecule is C=CCN1CC(=O)N2[C@@H](Cc3ccc(O)cc3)C(=O)N(Cc3ccccc3N3C=NN[NH2+]3)C[C@@H]2N1C(=O)NCc1ccccc1. The van der Waals surface area contributed by atoms with Crippen LogP contribution >= 0.6 is 0 Å². The summed E-state index contributed by atoms with van der Waals surface area (Å²) in [6.07, 6.45) is 2.75. The molecule has 0 saturated carbocycles. The number of amides is 4. The second kappa shape index (κ2) is 13.1. The summed E-state index contributed by atoms with van der Waals surface area (Å²) in [5.74, 6) is -0.362. The summed E-state index contributed by atoms with van der Waals surface area (Å²) < 4.78 is 0. The van der Waals surface area contributed by atoms with E-state index in [0.717, 1.165) is 22.4 Å². The monoisotopic (exact) mass is 610 g/mol. The Kier molecular flexibility index (Phi) is 8.62. The van der Waals surface area contributed by atoms with Crippen LogP contribution in [-0.2, 0) is 29.1 Å². The van der Waals surface area contributed by atoms with E-state index in [9.17, 15) is 19.5 Å². The van der Waals surface area contributed by atoms with Gasteiger partial charge in [0.2, 0.25) is 11.8 Å². The smallest absolute Gasteiger partial charge is 0.334 e. The normalized spacial score (nSPS) is 19.8. The minimum Gasteiger partial charge on any atom is -0.508 e. The molecule has 3 aliphatic heterocycles. The number of nitrogens with two attached hydrogens (primary N) is 1. The largest absolute Gasteiger partial charge is 0.508 e. The molecule has 0 spiro atoms. The number of hydrogen-bond acceptors (Lipinski definition) is 8. The van der Waals surface area contributed by atoms with Gasteiger partial charge < -0.3 is 20.2 Å². The zero-order chi connectivity index (χ0) is 31.3. The molecule has 13 nitrogen and oxygen atoms in total. The number of hydrogen-bond donors (Lipinski definition) is 4.